The number of nitrogens with zero attached hydrogens (tertiary/aromatic N) is 3. The van der Waals surface area contributed by atoms with E-state index in [9.17, 15) is 64.7 Å². The van der Waals surface area contributed by atoms with E-state index in [-0.39, 0.29) is 77.3 Å². The predicted molar refractivity (Wildman–Crippen MR) is 264 cm³/mol. The van der Waals surface area contributed by atoms with Gasteiger partial charge in [-0.05, 0) is 117 Å². The number of phenols is 1. The number of alkyl halides is 4. The van der Waals surface area contributed by atoms with Gasteiger partial charge in [-0.1, -0.05) is 57.1 Å². The van der Waals surface area contributed by atoms with Crippen LogP contribution in [-0.4, -0.2) is 80.6 Å². The fraction of sp³-hybridized carbons (Fsp3) is 0.554. The summed E-state index contributed by atoms with van der Waals surface area (Å²) in [6.45, 7) is 3.35. The van der Waals surface area contributed by atoms with Crippen molar-refractivity contribution in [3.05, 3.63) is 101 Å². The number of hydrogen-bond donors (Lipinski definition) is 4. The van der Waals surface area contributed by atoms with E-state index in [2.05, 4.69) is 31.9 Å². The average molecular weight is 1090 g/mol. The lowest BCUT2D eigenvalue weighted by atomic mass is 9.75. The van der Waals surface area contributed by atoms with Gasteiger partial charge in [0, 0.05) is 31.6 Å². The van der Waals surface area contributed by atoms with E-state index in [1.165, 1.54) is 30.6 Å². The number of nitrogens with one attached hydrogen (secondary N) is 3. The molecular weight excluding hydrogens is 1020 g/mol. The van der Waals surface area contributed by atoms with Crippen LogP contribution in [0.2, 0.25) is 0 Å². The maximum atomic E-state index is 14.8. The number of carbonyl (C=O) groups is 4. The lowest BCUT2D eigenvalue weighted by molar-refractivity contribution is -0.141. The van der Waals surface area contributed by atoms with Crippen molar-refractivity contribution >= 4 is 23.1 Å². The first-order chi connectivity index (χ1) is 36.7. The molecule has 0 aliphatic heterocycles. The molecule has 4 fully saturated rings. The third-order valence-electron chi connectivity index (χ3n) is 14.7. The topological polar surface area (TPSA) is 196 Å². The fourth-order valence-electron chi connectivity index (χ4n) is 9.86. The van der Waals surface area contributed by atoms with Gasteiger partial charge in [0.1, 0.15) is 12.2 Å². The lowest BCUT2D eigenvalue weighted by Crippen LogP contribution is -2.44. The summed E-state index contributed by atoms with van der Waals surface area (Å²) in [6, 6.07) is 4.70. The van der Waals surface area contributed by atoms with Crippen LogP contribution in [0.15, 0.2) is 54.9 Å². The summed E-state index contributed by atoms with van der Waals surface area (Å²) < 4.78 is 125. The molecule has 416 valence electrons. The van der Waals surface area contributed by atoms with Crippen molar-refractivity contribution in [1.29, 1.82) is 5.26 Å². The number of nitriles is 1. The fourth-order valence-corrected chi connectivity index (χ4v) is 9.86. The predicted octanol–water partition coefficient (Wildman–Crippen LogP) is 10.8. The van der Waals surface area contributed by atoms with Gasteiger partial charge in [-0.15, -0.1) is 0 Å². The Bertz CT molecular complexity index is 2700. The number of carbonyl (C=O) groups excluding carboxylic acids is 4. The van der Waals surface area contributed by atoms with Crippen LogP contribution in [0.3, 0.4) is 0 Å². The molecule has 77 heavy (non-hydrogen) atoms. The van der Waals surface area contributed by atoms with Gasteiger partial charge in [-0.25, -0.2) is 40.1 Å². The highest BCUT2D eigenvalue weighted by Crippen LogP contribution is 2.48. The molecule has 0 saturated heterocycles. The number of H-pyrrole nitrogens is 1. The maximum Gasteiger partial charge on any atom is 0.257 e. The van der Waals surface area contributed by atoms with Crippen LogP contribution in [0.5, 0.6) is 17.2 Å². The number of rotatable bonds is 28. The molecule has 4 saturated carbocycles. The maximum absolute atomic E-state index is 14.8. The van der Waals surface area contributed by atoms with E-state index in [0.29, 0.717) is 25.1 Å². The highest BCUT2D eigenvalue weighted by molar-refractivity contribution is 6.38. The number of benzene rings is 3. The molecule has 0 spiro atoms. The number of ether oxygens (including phenoxy) is 2. The van der Waals surface area contributed by atoms with E-state index in [0.717, 1.165) is 82.1 Å². The molecule has 0 radical (unpaired) electrons. The number of aromatic nitrogens is 3. The minimum Gasteiger partial charge on any atom is -0.503 e. The van der Waals surface area contributed by atoms with E-state index >= 15 is 0 Å². The number of aromatic amines is 1. The summed E-state index contributed by atoms with van der Waals surface area (Å²) in [6.07, 6.45) is 3.46. The summed E-state index contributed by atoms with van der Waals surface area (Å²) in [4.78, 5) is 57.3. The Balaban J connectivity index is 0.000000241. The smallest absolute Gasteiger partial charge is 0.257 e. The first kappa shape index (κ1) is 58.4. The Morgan fingerprint density at radius 1 is 0.766 bits per heavy atom. The molecule has 3 aromatic carbocycles. The minimum absolute atomic E-state index is 0.0101. The molecule has 4 aliphatic carbocycles. The standard InChI is InChI=1S/C35H42F5NO5.C21H22F3N5O2/c1-19(2)46-31-11-10-23(17-25(31)36)32(35(39)40)41-28(15-22-13-26(37)34(45)27(38)14-22)29(42)18-24(12-20-8-5-9-20)33(44)30(43)16-21-6-3-4-7-21;22-14-4-1-12(7-17(14)31-13-2-3-13)19(20(23)24)28-15(8-18-26-11-27-29-18)16(30)9-21(10-25)5-6-21/h10-11,13-14,17,19-21,24,28,32,35,41,45H,3-9,12,15-16,18H2,1-2H3;1,4,7,11,13,15,19-20,28H,2-3,5-6,8-9H2,(H,26,27,29)/t24-,28+,32+;15-,19-/m10/s1. The van der Waals surface area contributed by atoms with Crippen LogP contribution in [0.1, 0.15) is 145 Å². The first-order valence-corrected chi connectivity index (χ1v) is 26.3. The third kappa shape index (κ3) is 16.4. The molecule has 21 heteroatoms. The van der Waals surface area contributed by atoms with Crippen LogP contribution in [-0.2, 0) is 32.0 Å². The summed E-state index contributed by atoms with van der Waals surface area (Å²) in [7, 11) is 0. The van der Waals surface area contributed by atoms with Gasteiger partial charge >= 0.3 is 0 Å². The summed E-state index contributed by atoms with van der Waals surface area (Å²) in [5, 5.41) is 30.5. The van der Waals surface area contributed by atoms with Crippen molar-refractivity contribution in [3.63, 3.8) is 0 Å². The van der Waals surface area contributed by atoms with Gasteiger partial charge in [0.15, 0.2) is 57.9 Å². The zero-order valence-electron chi connectivity index (χ0n) is 42.8. The number of Topliss-reactive ketones (excluding diaryl/α,β-unsaturated/α-hetero) is 4. The second-order valence-electron chi connectivity index (χ2n) is 21.3. The van der Waals surface area contributed by atoms with Gasteiger partial charge in [-0.2, -0.15) is 10.4 Å². The van der Waals surface area contributed by atoms with Crippen molar-refractivity contribution in [2.45, 2.75) is 172 Å². The molecule has 5 atom stereocenters. The van der Waals surface area contributed by atoms with Crippen molar-refractivity contribution in [3.8, 4) is 23.3 Å². The van der Waals surface area contributed by atoms with E-state index in [1.54, 1.807) is 13.8 Å². The van der Waals surface area contributed by atoms with Gasteiger partial charge in [0.2, 0.25) is 5.78 Å². The normalized spacial score (nSPS) is 18.1. The van der Waals surface area contributed by atoms with Gasteiger partial charge in [-0.3, -0.25) is 34.9 Å². The average Bonchev–Trinajstić information content (AvgIpc) is 4.23. The molecule has 1 aromatic heterocycles. The van der Waals surface area contributed by atoms with Gasteiger partial charge in [0.05, 0.1) is 47.9 Å². The number of aromatic hydroxyl groups is 1. The number of phenolic OH excluding ortho intramolecular Hbond substituents is 1. The van der Waals surface area contributed by atoms with Crippen molar-refractivity contribution in [1.82, 2.24) is 25.8 Å². The molecule has 0 bridgehead atoms. The van der Waals surface area contributed by atoms with Crippen LogP contribution in [0.25, 0.3) is 0 Å². The summed E-state index contributed by atoms with van der Waals surface area (Å²) >= 11 is 0. The number of ketones is 4. The molecule has 4 aromatic rings. The van der Waals surface area contributed by atoms with Crippen molar-refractivity contribution in [2.75, 3.05) is 0 Å². The molecule has 13 nitrogen and oxygen atoms in total. The van der Waals surface area contributed by atoms with Crippen LogP contribution in [0, 0.1) is 57.8 Å². The lowest BCUT2D eigenvalue weighted by Gasteiger charge is -2.30. The molecule has 1 heterocycles. The second-order valence-corrected chi connectivity index (χ2v) is 21.3. The molecule has 4 N–H and O–H groups in total. The Kier molecular flexibility index (Phi) is 20.0. The molecule has 8 rings (SSSR count). The summed E-state index contributed by atoms with van der Waals surface area (Å²) in [5.74, 6) is -8.14. The van der Waals surface area contributed by atoms with Crippen LogP contribution >= 0.6 is 0 Å². The second kappa shape index (κ2) is 26.4. The summed E-state index contributed by atoms with van der Waals surface area (Å²) in [5.41, 5.74) is -0.903. The molecule has 0 unspecified atom stereocenters. The Morgan fingerprint density at radius 3 is 1.91 bits per heavy atom. The van der Waals surface area contributed by atoms with Crippen LogP contribution < -0.4 is 20.1 Å². The molecule has 4 aliphatic rings. The van der Waals surface area contributed by atoms with E-state index in [4.69, 9.17) is 9.47 Å². The molecule has 0 amide bonds. The highest BCUT2D eigenvalue weighted by Gasteiger charge is 2.46. The minimum atomic E-state index is -3.14. The monoisotopic (exact) mass is 1080 g/mol. The zero-order chi connectivity index (χ0) is 55.6. The van der Waals surface area contributed by atoms with E-state index in [1.807, 2.05) is 0 Å². The van der Waals surface area contributed by atoms with E-state index < -0.39 is 108 Å². The quantitative estimate of drug-likeness (QED) is 0.0311. The largest absolute Gasteiger partial charge is 0.503 e. The Labute approximate surface area is 441 Å². The molecular formula is C56H64F8N6O7. The number of hydrogen-bond acceptors (Lipinski definition) is 12. The Hall–Kier alpha value is -6.27. The third-order valence-corrected chi connectivity index (χ3v) is 14.7. The highest BCUT2D eigenvalue weighted by atomic mass is 19.3. The zero-order valence-corrected chi connectivity index (χ0v) is 42.8. The van der Waals surface area contributed by atoms with Crippen molar-refractivity contribution < 1.29 is 68.9 Å². The van der Waals surface area contributed by atoms with Crippen molar-refractivity contribution in [2.24, 2.45) is 23.2 Å². The van der Waals surface area contributed by atoms with Crippen LogP contribution in [0.4, 0.5) is 35.1 Å². The number of halogens is 8. The SMILES string of the molecule is CC(C)Oc1ccc([C@H](N[C@@H](Cc2cc(F)c(O)c(F)c2)C(=O)C[C@@H](CC2CCC2)C(=O)C(=O)CC2CCCC2)C(F)F)cc1F.N#CC1(CC(=O)[C@H](Cc2ncn[nH]2)N[C@@H](c2ccc(F)c(OC3CC3)c2)C(F)F)CC1. The Morgan fingerprint density at radius 2 is 1.38 bits per heavy atom. The van der Waals surface area contributed by atoms with Gasteiger partial charge < -0.3 is 14.6 Å². The van der Waals surface area contributed by atoms with Gasteiger partial charge in [0.25, 0.3) is 12.9 Å². The first-order valence-electron chi connectivity index (χ1n) is 26.3.